The van der Waals surface area contributed by atoms with Gasteiger partial charge in [0.25, 0.3) is 0 Å². The van der Waals surface area contributed by atoms with E-state index >= 15 is 0 Å². The van der Waals surface area contributed by atoms with E-state index < -0.39 is 10.8 Å². The lowest BCUT2D eigenvalue weighted by Crippen LogP contribution is -2.52. The average molecular weight is 313 g/mol. The second-order valence-electron chi connectivity index (χ2n) is 6.91. The predicted molar refractivity (Wildman–Crippen MR) is 84.6 cm³/mol. The van der Waals surface area contributed by atoms with Crippen LogP contribution in [0.3, 0.4) is 0 Å². The second-order valence-corrected chi connectivity index (χ2v) is 8.88. The molecule has 0 radical (unpaired) electrons. The summed E-state index contributed by atoms with van der Waals surface area (Å²) >= 11 is 0. The van der Waals surface area contributed by atoms with Crippen molar-refractivity contribution in [2.45, 2.75) is 64.2 Å². The molecule has 2 rings (SSSR count). The van der Waals surface area contributed by atoms with Gasteiger partial charge in [-0.1, -0.05) is 39.8 Å². The van der Waals surface area contributed by atoms with Gasteiger partial charge < -0.3 is 4.52 Å². The van der Waals surface area contributed by atoms with Crippen LogP contribution in [0.1, 0.15) is 59.2 Å². The maximum absolute atomic E-state index is 12.3. The van der Waals surface area contributed by atoms with Gasteiger partial charge in [-0.15, -0.1) is 0 Å². The fraction of sp³-hybridized carbons (Fsp3) is 0.867. The standard InChI is InChI=1S/C15H27N3O2S/c1-6-15(7-2)11-18(8-9-21(15)19)10-12-16-13(17-20-12)14(3,4)5/h6-11H2,1-5H3/t21-/m1/s1. The van der Waals surface area contributed by atoms with E-state index in [4.69, 9.17) is 4.52 Å². The van der Waals surface area contributed by atoms with Crippen LogP contribution in [-0.2, 0) is 22.8 Å². The highest BCUT2D eigenvalue weighted by atomic mass is 32.2. The van der Waals surface area contributed by atoms with Gasteiger partial charge >= 0.3 is 0 Å². The third-order valence-corrected chi connectivity index (χ3v) is 6.60. The Morgan fingerprint density at radius 3 is 2.52 bits per heavy atom. The number of hydrogen-bond acceptors (Lipinski definition) is 5. The molecule has 1 aromatic rings. The van der Waals surface area contributed by atoms with Crippen molar-refractivity contribution >= 4 is 10.8 Å². The molecule has 21 heavy (non-hydrogen) atoms. The van der Waals surface area contributed by atoms with Gasteiger partial charge in [0.15, 0.2) is 5.82 Å². The third-order valence-electron chi connectivity index (χ3n) is 4.37. The lowest BCUT2D eigenvalue weighted by atomic mass is 9.96. The van der Waals surface area contributed by atoms with Gasteiger partial charge in [-0.2, -0.15) is 4.98 Å². The van der Waals surface area contributed by atoms with Crippen LogP contribution in [0.25, 0.3) is 0 Å². The molecule has 2 heterocycles. The Labute approximate surface area is 129 Å². The molecule has 0 unspecified atom stereocenters. The monoisotopic (exact) mass is 313 g/mol. The van der Waals surface area contributed by atoms with Crippen molar-refractivity contribution in [3.05, 3.63) is 11.7 Å². The minimum absolute atomic E-state index is 0.0782. The molecule has 1 fully saturated rings. The lowest BCUT2D eigenvalue weighted by Gasteiger charge is -2.40. The first-order valence-corrected chi connectivity index (χ1v) is 9.06. The molecule has 0 aliphatic carbocycles. The van der Waals surface area contributed by atoms with E-state index in [0.29, 0.717) is 12.4 Å². The van der Waals surface area contributed by atoms with Crippen molar-refractivity contribution in [2.75, 3.05) is 18.8 Å². The molecule has 1 atom stereocenters. The average Bonchev–Trinajstić information content (AvgIpc) is 2.90. The number of nitrogens with zero attached hydrogens (tertiary/aromatic N) is 3. The van der Waals surface area contributed by atoms with Gasteiger partial charge in [-0.25, -0.2) is 0 Å². The molecule has 120 valence electrons. The van der Waals surface area contributed by atoms with Gasteiger partial charge in [-0.3, -0.25) is 9.11 Å². The fourth-order valence-corrected chi connectivity index (χ4v) is 4.56. The lowest BCUT2D eigenvalue weighted by molar-refractivity contribution is 0.200. The van der Waals surface area contributed by atoms with Crippen LogP contribution in [0.4, 0.5) is 0 Å². The summed E-state index contributed by atoms with van der Waals surface area (Å²) in [5.74, 6) is 2.14. The van der Waals surface area contributed by atoms with Gasteiger partial charge in [-0.05, 0) is 12.8 Å². The molecule has 1 aliphatic heterocycles. The number of hydrogen-bond donors (Lipinski definition) is 0. The molecule has 0 amide bonds. The Morgan fingerprint density at radius 2 is 2.00 bits per heavy atom. The Hall–Kier alpha value is -0.750. The van der Waals surface area contributed by atoms with Gasteiger partial charge in [0.1, 0.15) is 0 Å². The highest BCUT2D eigenvalue weighted by molar-refractivity contribution is 7.86. The molecule has 0 spiro atoms. The zero-order valence-electron chi connectivity index (χ0n) is 13.8. The van der Waals surface area contributed by atoms with E-state index in [2.05, 4.69) is 49.7 Å². The van der Waals surface area contributed by atoms with Crippen LogP contribution in [0, 0.1) is 0 Å². The normalized spacial score (nSPS) is 23.4. The van der Waals surface area contributed by atoms with Crippen molar-refractivity contribution in [1.29, 1.82) is 0 Å². The largest absolute Gasteiger partial charge is 0.338 e. The van der Waals surface area contributed by atoms with Gasteiger partial charge in [0, 0.05) is 35.1 Å². The summed E-state index contributed by atoms with van der Waals surface area (Å²) < 4.78 is 17.6. The van der Waals surface area contributed by atoms with Crippen molar-refractivity contribution in [1.82, 2.24) is 15.0 Å². The molecular weight excluding hydrogens is 286 g/mol. The summed E-state index contributed by atoms with van der Waals surface area (Å²) in [5, 5.41) is 4.07. The second kappa shape index (κ2) is 6.16. The molecule has 6 heteroatoms. The minimum atomic E-state index is -0.733. The van der Waals surface area contributed by atoms with Crippen molar-refractivity contribution in [3.63, 3.8) is 0 Å². The summed E-state index contributed by atoms with van der Waals surface area (Å²) in [6, 6.07) is 0. The SMILES string of the molecule is CCC1(CC)CN(Cc2nc(C(C)(C)C)no2)CC[S@]1=O. The predicted octanol–water partition coefficient (Wildman–Crippen LogP) is 2.49. The molecule has 0 aromatic carbocycles. The van der Waals surface area contributed by atoms with Crippen molar-refractivity contribution < 1.29 is 8.73 Å². The highest BCUT2D eigenvalue weighted by Crippen LogP contribution is 2.29. The molecule has 1 saturated heterocycles. The number of rotatable bonds is 4. The topological polar surface area (TPSA) is 59.2 Å². The van der Waals surface area contributed by atoms with E-state index in [1.807, 2.05) is 0 Å². The van der Waals surface area contributed by atoms with Crippen molar-refractivity contribution in [2.24, 2.45) is 0 Å². The smallest absolute Gasteiger partial charge is 0.240 e. The minimum Gasteiger partial charge on any atom is -0.338 e. The van der Waals surface area contributed by atoms with E-state index in [-0.39, 0.29) is 10.2 Å². The summed E-state index contributed by atoms with van der Waals surface area (Å²) in [7, 11) is -0.733. The Balaban J connectivity index is 2.07. The first-order chi connectivity index (χ1) is 9.80. The summed E-state index contributed by atoms with van der Waals surface area (Å²) in [6.45, 7) is 12.8. The molecule has 5 nitrogen and oxygen atoms in total. The Morgan fingerprint density at radius 1 is 1.33 bits per heavy atom. The number of aromatic nitrogens is 2. The summed E-state index contributed by atoms with van der Waals surface area (Å²) in [4.78, 5) is 6.80. The fourth-order valence-electron chi connectivity index (χ4n) is 2.73. The van der Waals surface area contributed by atoms with E-state index in [1.54, 1.807) is 0 Å². The Kier molecular flexibility index (Phi) is 4.88. The first-order valence-electron chi connectivity index (χ1n) is 7.74. The first kappa shape index (κ1) is 16.6. The molecule has 0 saturated carbocycles. The van der Waals surface area contributed by atoms with Gasteiger partial charge in [0.05, 0.1) is 11.3 Å². The quantitative estimate of drug-likeness (QED) is 0.854. The van der Waals surface area contributed by atoms with Crippen molar-refractivity contribution in [3.8, 4) is 0 Å². The van der Waals surface area contributed by atoms with Crippen LogP contribution in [0.5, 0.6) is 0 Å². The highest BCUT2D eigenvalue weighted by Gasteiger charge is 2.39. The van der Waals surface area contributed by atoms with E-state index in [9.17, 15) is 4.21 Å². The third kappa shape index (κ3) is 3.54. The van der Waals surface area contributed by atoms with Crippen LogP contribution in [-0.4, -0.2) is 42.8 Å². The maximum atomic E-state index is 12.3. The zero-order chi connectivity index (χ0) is 15.7. The van der Waals surface area contributed by atoms with Crippen LogP contribution in [0.15, 0.2) is 4.52 Å². The van der Waals surface area contributed by atoms with E-state index in [1.165, 1.54) is 0 Å². The summed E-state index contributed by atoms with van der Waals surface area (Å²) in [6.07, 6.45) is 1.90. The van der Waals surface area contributed by atoms with Crippen LogP contribution in [0.2, 0.25) is 0 Å². The van der Waals surface area contributed by atoms with Gasteiger partial charge in [0.2, 0.25) is 5.89 Å². The molecule has 0 bridgehead atoms. The Bertz CT molecular complexity index is 503. The molecule has 1 aliphatic rings. The molecule has 1 aromatic heterocycles. The summed E-state index contributed by atoms with van der Waals surface area (Å²) in [5.41, 5.74) is -0.0955. The molecular formula is C15H27N3O2S. The van der Waals surface area contributed by atoms with Crippen LogP contribution >= 0.6 is 0 Å². The van der Waals surface area contributed by atoms with E-state index in [0.717, 1.165) is 37.5 Å². The zero-order valence-corrected chi connectivity index (χ0v) is 14.6. The van der Waals surface area contributed by atoms with Crippen LogP contribution < -0.4 is 0 Å². The molecule has 0 N–H and O–H groups in total. The maximum Gasteiger partial charge on any atom is 0.240 e.